The third-order valence-corrected chi connectivity index (χ3v) is 4.06. The van der Waals surface area contributed by atoms with Gasteiger partial charge in [0.15, 0.2) is 5.52 Å². The molecule has 1 aromatic rings. The fraction of sp³-hybridized carbons (Fsp3) is 0.462. The Balaban J connectivity index is 3.05. The van der Waals surface area contributed by atoms with Crippen LogP contribution in [0.4, 0.5) is 0 Å². The first-order valence-corrected chi connectivity index (χ1v) is 6.73. The summed E-state index contributed by atoms with van der Waals surface area (Å²) in [6.07, 6.45) is 1.00. The van der Waals surface area contributed by atoms with Gasteiger partial charge in [-0.15, -0.1) is 0 Å². The van der Waals surface area contributed by atoms with Crippen LogP contribution >= 0.6 is 8.58 Å². The summed E-state index contributed by atoms with van der Waals surface area (Å²) in [6, 6.07) is 5.40. The quantitative estimate of drug-likeness (QED) is 0.730. The van der Waals surface area contributed by atoms with Gasteiger partial charge in [0.2, 0.25) is 0 Å². The van der Waals surface area contributed by atoms with E-state index in [1.807, 2.05) is 6.07 Å². The molecule has 1 rings (SSSR count). The highest BCUT2D eigenvalue weighted by Crippen LogP contribution is 2.36. The second kappa shape index (κ2) is 6.61. The van der Waals surface area contributed by atoms with Gasteiger partial charge in [-0.25, -0.2) is 0 Å². The lowest BCUT2D eigenvalue weighted by molar-refractivity contribution is 0.107. The van der Waals surface area contributed by atoms with Crippen LogP contribution in [0.1, 0.15) is 30.6 Å². The molecule has 0 aliphatic heterocycles. The standard InChI is InChI=1S/C13H19O3P/c1-5-9(2)17-13(14)12-10(15-3)7-6-8-11(12)16-4/h6-9,17H,5H2,1-4H3. The Labute approximate surface area is 104 Å². The van der Waals surface area contributed by atoms with Gasteiger partial charge in [0, 0.05) is 0 Å². The smallest absolute Gasteiger partial charge is 0.188 e. The van der Waals surface area contributed by atoms with Crippen LogP contribution in [0, 0.1) is 0 Å². The number of hydrogen-bond acceptors (Lipinski definition) is 3. The third kappa shape index (κ3) is 3.44. The van der Waals surface area contributed by atoms with Gasteiger partial charge in [-0.05, 0) is 32.8 Å². The summed E-state index contributed by atoms with van der Waals surface area (Å²) in [5.74, 6) is 1.18. The highest BCUT2D eigenvalue weighted by Gasteiger charge is 2.19. The summed E-state index contributed by atoms with van der Waals surface area (Å²) >= 11 is 0. The molecule has 0 aliphatic carbocycles. The van der Waals surface area contributed by atoms with E-state index in [4.69, 9.17) is 9.47 Å². The second-order valence-electron chi connectivity index (χ2n) is 3.82. The normalized spacial score (nSPS) is 12.7. The summed E-state index contributed by atoms with van der Waals surface area (Å²) in [7, 11) is 3.39. The molecule has 2 unspecified atom stereocenters. The largest absolute Gasteiger partial charge is 0.496 e. The molecular formula is C13H19O3P. The summed E-state index contributed by atoms with van der Waals surface area (Å²) < 4.78 is 10.5. The number of ether oxygens (including phenoxy) is 2. The van der Waals surface area contributed by atoms with Crippen LogP contribution in [0.5, 0.6) is 11.5 Å². The van der Waals surface area contributed by atoms with Crippen molar-refractivity contribution in [1.29, 1.82) is 0 Å². The van der Waals surface area contributed by atoms with Crippen molar-refractivity contribution in [3.05, 3.63) is 23.8 Å². The van der Waals surface area contributed by atoms with Gasteiger partial charge in [-0.1, -0.05) is 19.9 Å². The summed E-state index contributed by atoms with van der Waals surface area (Å²) in [5, 5.41) is 0. The lowest BCUT2D eigenvalue weighted by atomic mass is 10.2. The topological polar surface area (TPSA) is 35.5 Å². The first-order valence-electron chi connectivity index (χ1n) is 5.65. The number of carbonyl (C=O) groups excluding carboxylic acids is 1. The summed E-state index contributed by atoms with van der Waals surface area (Å²) in [4.78, 5) is 12.2. The van der Waals surface area contributed by atoms with Crippen molar-refractivity contribution in [1.82, 2.24) is 0 Å². The zero-order chi connectivity index (χ0) is 12.8. The Morgan fingerprint density at radius 3 is 2.24 bits per heavy atom. The maximum absolute atomic E-state index is 12.2. The molecule has 0 radical (unpaired) electrons. The van der Waals surface area contributed by atoms with E-state index in [1.165, 1.54) is 0 Å². The Bertz CT molecular complexity index is 368. The average Bonchev–Trinajstić information content (AvgIpc) is 2.37. The first kappa shape index (κ1) is 14.0. The summed E-state index contributed by atoms with van der Waals surface area (Å²) in [6.45, 7) is 4.17. The molecule has 4 heteroatoms. The van der Waals surface area contributed by atoms with Crippen LogP contribution in [-0.4, -0.2) is 25.4 Å². The molecule has 0 saturated carbocycles. The van der Waals surface area contributed by atoms with E-state index in [0.29, 0.717) is 22.7 Å². The van der Waals surface area contributed by atoms with Gasteiger partial charge in [0.25, 0.3) is 0 Å². The second-order valence-corrected chi connectivity index (χ2v) is 5.55. The van der Waals surface area contributed by atoms with Crippen LogP contribution in [0.2, 0.25) is 0 Å². The Hall–Kier alpha value is -1.08. The molecule has 17 heavy (non-hydrogen) atoms. The van der Waals surface area contributed by atoms with Crippen molar-refractivity contribution in [2.24, 2.45) is 0 Å². The highest BCUT2D eigenvalue weighted by atomic mass is 31.1. The minimum Gasteiger partial charge on any atom is -0.496 e. The SMILES string of the molecule is CCC(C)PC(=O)c1c(OC)cccc1OC. The predicted octanol–water partition coefficient (Wildman–Crippen LogP) is 3.32. The molecule has 0 amide bonds. The maximum Gasteiger partial charge on any atom is 0.188 e. The first-order chi connectivity index (χ1) is 8.13. The van der Waals surface area contributed by atoms with Crippen molar-refractivity contribution in [3.8, 4) is 11.5 Å². The van der Waals surface area contributed by atoms with E-state index in [9.17, 15) is 4.79 Å². The molecular weight excluding hydrogens is 235 g/mol. The van der Waals surface area contributed by atoms with E-state index in [1.54, 1.807) is 26.4 Å². The average molecular weight is 254 g/mol. The molecule has 0 bridgehead atoms. The number of hydrogen-bond donors (Lipinski definition) is 0. The van der Waals surface area contributed by atoms with Crippen molar-refractivity contribution >= 4 is 14.1 Å². The molecule has 94 valence electrons. The van der Waals surface area contributed by atoms with Crippen molar-refractivity contribution < 1.29 is 14.3 Å². The van der Waals surface area contributed by atoms with Gasteiger partial charge in [-0.3, -0.25) is 4.79 Å². The molecule has 0 saturated heterocycles. The predicted molar refractivity (Wildman–Crippen MR) is 71.9 cm³/mol. The van der Waals surface area contributed by atoms with E-state index >= 15 is 0 Å². The number of carbonyl (C=O) groups is 1. The monoisotopic (exact) mass is 254 g/mol. The molecule has 0 spiro atoms. The van der Waals surface area contributed by atoms with Crippen LogP contribution < -0.4 is 9.47 Å². The Morgan fingerprint density at radius 2 is 1.82 bits per heavy atom. The third-order valence-electron chi connectivity index (χ3n) is 2.64. The van der Waals surface area contributed by atoms with E-state index in [2.05, 4.69) is 13.8 Å². The molecule has 0 aliphatic rings. The molecule has 0 aromatic heterocycles. The maximum atomic E-state index is 12.2. The molecule has 0 heterocycles. The minimum atomic E-state index is 0.105. The zero-order valence-electron chi connectivity index (χ0n) is 10.7. The van der Waals surface area contributed by atoms with Crippen molar-refractivity contribution in [3.63, 3.8) is 0 Å². The van der Waals surface area contributed by atoms with Gasteiger partial charge in [0.05, 0.1) is 14.2 Å². The number of benzene rings is 1. The van der Waals surface area contributed by atoms with E-state index in [-0.39, 0.29) is 14.1 Å². The number of rotatable bonds is 6. The molecule has 0 N–H and O–H groups in total. The molecule has 0 fully saturated rings. The fourth-order valence-electron chi connectivity index (χ4n) is 1.47. The van der Waals surface area contributed by atoms with Crippen LogP contribution in [0.25, 0.3) is 0 Å². The lowest BCUT2D eigenvalue weighted by Crippen LogP contribution is -2.04. The lowest BCUT2D eigenvalue weighted by Gasteiger charge is -2.13. The molecule has 1 aromatic carbocycles. The van der Waals surface area contributed by atoms with Crippen LogP contribution in [-0.2, 0) is 0 Å². The van der Waals surface area contributed by atoms with Crippen molar-refractivity contribution in [2.75, 3.05) is 14.2 Å². The Kier molecular flexibility index (Phi) is 5.43. The summed E-state index contributed by atoms with van der Waals surface area (Å²) in [5.41, 5.74) is 1.07. The fourth-order valence-corrected chi connectivity index (χ4v) is 2.52. The van der Waals surface area contributed by atoms with Crippen molar-refractivity contribution in [2.45, 2.75) is 25.9 Å². The van der Waals surface area contributed by atoms with Gasteiger partial charge < -0.3 is 9.47 Å². The Morgan fingerprint density at radius 1 is 1.29 bits per heavy atom. The number of methoxy groups -OCH3 is 2. The minimum absolute atomic E-state index is 0.105. The van der Waals surface area contributed by atoms with Crippen LogP contribution in [0.15, 0.2) is 18.2 Å². The van der Waals surface area contributed by atoms with Gasteiger partial charge >= 0.3 is 0 Å². The van der Waals surface area contributed by atoms with Crippen LogP contribution in [0.3, 0.4) is 0 Å². The zero-order valence-corrected chi connectivity index (χ0v) is 11.7. The van der Waals surface area contributed by atoms with Gasteiger partial charge in [0.1, 0.15) is 17.1 Å². The highest BCUT2D eigenvalue weighted by molar-refractivity contribution is 7.59. The van der Waals surface area contributed by atoms with E-state index < -0.39 is 0 Å². The molecule has 2 atom stereocenters. The van der Waals surface area contributed by atoms with Gasteiger partial charge in [-0.2, -0.15) is 0 Å². The van der Waals surface area contributed by atoms with E-state index in [0.717, 1.165) is 6.42 Å². The molecule has 3 nitrogen and oxygen atoms in total.